The number of aromatic nitrogens is 3. The predicted octanol–water partition coefficient (Wildman–Crippen LogP) is -2.31. The van der Waals surface area contributed by atoms with Gasteiger partial charge in [-0.3, -0.25) is 9.78 Å². The van der Waals surface area contributed by atoms with E-state index in [1.807, 2.05) is 10.1 Å². The van der Waals surface area contributed by atoms with Crippen LogP contribution in [0, 0.1) is 0 Å². The summed E-state index contributed by atoms with van der Waals surface area (Å²) in [5.74, 6) is -1.30. The number of carboxylic acid groups (broad SMARTS) is 1. The van der Waals surface area contributed by atoms with Crippen molar-refractivity contribution in [3.8, 4) is 0 Å². The number of thioether (sulfide) groups is 1. The number of nitrogens with zero attached hydrogens (tertiary/aromatic N) is 1. The number of nitrogens with one attached hydrogen (secondary N) is 2. The molecule has 0 bridgehead atoms. The molecule has 0 aliphatic carbocycles. The van der Waals surface area contributed by atoms with Crippen LogP contribution in [-0.2, 0) is 4.79 Å². The molecule has 2 N–H and O–H groups in total. The lowest BCUT2D eigenvalue weighted by molar-refractivity contribution is -0.304. The number of carbonyl (C=O) groups excluding carboxylic acids is 1. The van der Waals surface area contributed by atoms with E-state index >= 15 is 0 Å². The van der Waals surface area contributed by atoms with Gasteiger partial charge in [-0.25, -0.2) is 9.89 Å². The van der Waals surface area contributed by atoms with Gasteiger partial charge >= 0.3 is 5.69 Å². The largest absolute Gasteiger partial charge is 0.549 e. The van der Waals surface area contributed by atoms with Crippen molar-refractivity contribution in [1.82, 2.24) is 15.2 Å². The molecule has 8 heteroatoms. The molecule has 7 nitrogen and oxygen atoms in total. The summed E-state index contributed by atoms with van der Waals surface area (Å²) in [5, 5.41) is 14.7. The summed E-state index contributed by atoms with van der Waals surface area (Å²) in [6, 6.07) is 0. The van der Waals surface area contributed by atoms with Crippen molar-refractivity contribution in [3.05, 3.63) is 20.8 Å². The molecular weight excluding hydrogens is 210 g/mol. The van der Waals surface area contributed by atoms with Crippen molar-refractivity contribution in [2.24, 2.45) is 0 Å². The Bertz CT molecular complexity index is 451. The third-order valence-corrected chi connectivity index (χ3v) is 2.35. The standard InChI is InChI=1S/C6H7N3O4S/c1-2(5(11)12)14-4-3(10)7-6(13)9-8-4/h2H,1H3,(H,11,12)(H2,7,9,10,13)/p-1/t2-/m0/s1. The molecule has 0 spiro atoms. The maximum atomic E-state index is 11.0. The van der Waals surface area contributed by atoms with Crippen LogP contribution < -0.4 is 16.4 Å². The third kappa shape index (κ3) is 2.46. The van der Waals surface area contributed by atoms with Gasteiger partial charge in [0.2, 0.25) is 0 Å². The first-order valence-electron chi connectivity index (χ1n) is 3.57. The van der Waals surface area contributed by atoms with Gasteiger partial charge in [0, 0.05) is 5.25 Å². The number of hydrogen-bond acceptors (Lipinski definition) is 6. The lowest BCUT2D eigenvalue weighted by Crippen LogP contribution is -2.33. The van der Waals surface area contributed by atoms with Gasteiger partial charge in [-0.2, -0.15) is 5.10 Å². The Labute approximate surface area is 81.6 Å². The van der Waals surface area contributed by atoms with Crippen molar-refractivity contribution < 1.29 is 9.90 Å². The Morgan fingerprint density at radius 2 is 2.21 bits per heavy atom. The van der Waals surface area contributed by atoms with Crippen molar-refractivity contribution in [2.45, 2.75) is 17.2 Å². The van der Waals surface area contributed by atoms with Crippen molar-refractivity contribution in [2.75, 3.05) is 0 Å². The summed E-state index contributed by atoms with van der Waals surface area (Å²) in [6.07, 6.45) is 0. The molecule has 0 unspecified atom stereocenters. The molecule has 1 rings (SSSR count). The first kappa shape index (κ1) is 10.5. The minimum Gasteiger partial charge on any atom is -0.549 e. The van der Waals surface area contributed by atoms with Gasteiger partial charge < -0.3 is 9.90 Å². The van der Waals surface area contributed by atoms with Gasteiger partial charge in [0.15, 0.2) is 5.03 Å². The summed E-state index contributed by atoms with van der Waals surface area (Å²) in [5.41, 5.74) is -1.45. The molecule has 0 saturated carbocycles. The quantitative estimate of drug-likeness (QED) is 0.548. The van der Waals surface area contributed by atoms with E-state index < -0.39 is 22.5 Å². The van der Waals surface area contributed by atoms with Crippen LogP contribution in [0.25, 0.3) is 0 Å². The molecule has 0 amide bonds. The third-order valence-electron chi connectivity index (χ3n) is 1.30. The summed E-state index contributed by atoms with van der Waals surface area (Å²) in [4.78, 5) is 33.8. The zero-order valence-corrected chi connectivity index (χ0v) is 7.88. The van der Waals surface area contributed by atoms with E-state index in [-0.39, 0.29) is 5.03 Å². The summed E-state index contributed by atoms with van der Waals surface area (Å²) >= 11 is 0.700. The fraction of sp³-hybridized carbons (Fsp3) is 0.333. The van der Waals surface area contributed by atoms with E-state index in [1.165, 1.54) is 6.92 Å². The Balaban J connectivity index is 2.93. The van der Waals surface area contributed by atoms with Gasteiger partial charge in [-0.1, -0.05) is 11.8 Å². The minimum atomic E-state index is -1.30. The van der Waals surface area contributed by atoms with Crippen LogP contribution >= 0.6 is 11.8 Å². The van der Waals surface area contributed by atoms with Gasteiger partial charge in [0.05, 0.1) is 5.97 Å². The fourth-order valence-electron chi connectivity index (χ4n) is 0.632. The topological polar surface area (TPSA) is 119 Å². The van der Waals surface area contributed by atoms with Gasteiger partial charge in [0.1, 0.15) is 0 Å². The normalized spacial score (nSPS) is 12.4. The molecule has 0 radical (unpaired) electrons. The smallest absolute Gasteiger partial charge is 0.342 e. The second-order valence-corrected chi connectivity index (χ2v) is 3.72. The summed E-state index contributed by atoms with van der Waals surface area (Å²) in [7, 11) is 0. The lowest BCUT2D eigenvalue weighted by Gasteiger charge is -2.09. The molecule has 1 atom stereocenters. The number of aliphatic carboxylic acids is 1. The molecule has 0 saturated heterocycles. The average Bonchev–Trinajstić information content (AvgIpc) is 2.09. The second kappa shape index (κ2) is 4.09. The number of hydrogen-bond donors (Lipinski definition) is 2. The maximum absolute atomic E-state index is 11.0. The average molecular weight is 216 g/mol. The highest BCUT2D eigenvalue weighted by molar-refractivity contribution is 8.00. The number of aromatic amines is 2. The Morgan fingerprint density at radius 1 is 1.57 bits per heavy atom. The van der Waals surface area contributed by atoms with Crippen LogP contribution in [0.4, 0.5) is 0 Å². The lowest BCUT2D eigenvalue weighted by atomic mass is 10.5. The molecule has 1 aromatic heterocycles. The van der Waals surface area contributed by atoms with E-state index in [1.54, 1.807) is 0 Å². The van der Waals surface area contributed by atoms with Crippen LogP contribution in [-0.4, -0.2) is 26.4 Å². The second-order valence-electron chi connectivity index (χ2n) is 2.39. The van der Waals surface area contributed by atoms with E-state index in [0.717, 1.165) is 0 Å². The van der Waals surface area contributed by atoms with Gasteiger partial charge in [-0.15, -0.1) is 0 Å². The SMILES string of the molecule is C[C@H](Sc1n[nH]c(=O)[nH]c1=O)C(=O)[O-]. The zero-order chi connectivity index (χ0) is 10.7. The van der Waals surface area contributed by atoms with E-state index in [0.29, 0.717) is 11.8 Å². The minimum absolute atomic E-state index is 0.110. The highest BCUT2D eigenvalue weighted by atomic mass is 32.2. The number of rotatable bonds is 3. The van der Waals surface area contributed by atoms with Crippen molar-refractivity contribution in [3.63, 3.8) is 0 Å². The number of carbonyl (C=O) groups is 1. The molecule has 1 heterocycles. The predicted molar refractivity (Wildman–Crippen MR) is 45.8 cm³/mol. The van der Waals surface area contributed by atoms with Gasteiger partial charge in [0.25, 0.3) is 5.56 Å². The molecule has 1 aromatic rings. The highest BCUT2D eigenvalue weighted by Crippen LogP contribution is 2.15. The van der Waals surface area contributed by atoms with Crippen molar-refractivity contribution in [1.29, 1.82) is 0 Å². The Hall–Kier alpha value is -1.57. The summed E-state index contributed by atoms with van der Waals surface area (Å²) in [6.45, 7) is 1.35. The molecule has 76 valence electrons. The molecule has 14 heavy (non-hydrogen) atoms. The fourth-order valence-corrected chi connectivity index (χ4v) is 1.32. The molecular formula is C6H6N3O4S-. The van der Waals surface area contributed by atoms with E-state index in [4.69, 9.17) is 0 Å². The van der Waals surface area contributed by atoms with E-state index in [2.05, 4.69) is 5.10 Å². The van der Waals surface area contributed by atoms with Crippen LogP contribution in [0.2, 0.25) is 0 Å². The monoisotopic (exact) mass is 216 g/mol. The molecule has 0 aliphatic rings. The first-order valence-corrected chi connectivity index (χ1v) is 4.45. The Morgan fingerprint density at radius 3 is 2.71 bits per heavy atom. The number of carboxylic acids is 1. The Kier molecular flexibility index (Phi) is 3.07. The van der Waals surface area contributed by atoms with Crippen LogP contribution in [0.1, 0.15) is 6.92 Å². The van der Waals surface area contributed by atoms with Crippen molar-refractivity contribution >= 4 is 17.7 Å². The maximum Gasteiger partial charge on any atom is 0.342 e. The van der Waals surface area contributed by atoms with Crippen LogP contribution in [0.5, 0.6) is 0 Å². The highest BCUT2D eigenvalue weighted by Gasteiger charge is 2.09. The molecule has 0 aromatic carbocycles. The zero-order valence-electron chi connectivity index (χ0n) is 7.07. The summed E-state index contributed by atoms with van der Waals surface area (Å²) < 4.78 is 0. The van der Waals surface area contributed by atoms with E-state index in [9.17, 15) is 19.5 Å². The van der Waals surface area contributed by atoms with Crippen LogP contribution in [0.15, 0.2) is 14.6 Å². The molecule has 0 aliphatic heterocycles. The van der Waals surface area contributed by atoms with Gasteiger partial charge in [-0.05, 0) is 6.92 Å². The van der Waals surface area contributed by atoms with Crippen LogP contribution in [0.3, 0.4) is 0 Å². The number of H-pyrrole nitrogens is 2. The molecule has 0 fully saturated rings. The first-order chi connectivity index (χ1) is 6.50.